The second-order valence-electron chi connectivity index (χ2n) is 6.39. The van der Waals surface area contributed by atoms with Gasteiger partial charge in [-0.3, -0.25) is 4.79 Å². The standard InChI is InChI=1S/C18H26N2O4S/c1-15(2)9-10-19-18(21)8-5-16-3-6-17(7-4-16)25(22,23)20-11-13-24-14-12-20/h3-8,15H,9-14H2,1-2H3,(H,19,21)/b8-5+. The van der Waals surface area contributed by atoms with Gasteiger partial charge in [0.2, 0.25) is 15.9 Å². The van der Waals surface area contributed by atoms with Crippen LogP contribution >= 0.6 is 0 Å². The topological polar surface area (TPSA) is 75.7 Å². The largest absolute Gasteiger partial charge is 0.379 e. The molecule has 7 heteroatoms. The Hall–Kier alpha value is -1.70. The lowest BCUT2D eigenvalue weighted by Gasteiger charge is -2.26. The summed E-state index contributed by atoms with van der Waals surface area (Å²) in [4.78, 5) is 12.0. The molecule has 1 saturated heterocycles. The molecule has 0 aromatic heterocycles. The number of rotatable bonds is 7. The predicted molar refractivity (Wildman–Crippen MR) is 97.5 cm³/mol. The molecule has 25 heavy (non-hydrogen) atoms. The van der Waals surface area contributed by atoms with Gasteiger partial charge >= 0.3 is 0 Å². The normalized spacial score (nSPS) is 16.4. The molecule has 138 valence electrons. The molecule has 6 nitrogen and oxygen atoms in total. The summed E-state index contributed by atoms with van der Waals surface area (Å²) >= 11 is 0. The first-order valence-corrected chi connectivity index (χ1v) is 9.97. The van der Waals surface area contributed by atoms with Gasteiger partial charge in [0.25, 0.3) is 0 Å². The molecule has 1 amide bonds. The highest BCUT2D eigenvalue weighted by Crippen LogP contribution is 2.18. The van der Waals surface area contributed by atoms with Crippen molar-refractivity contribution in [2.45, 2.75) is 25.2 Å². The third-order valence-corrected chi connectivity index (χ3v) is 5.85. The first kappa shape index (κ1) is 19.6. The van der Waals surface area contributed by atoms with Crippen LogP contribution in [-0.4, -0.2) is 51.5 Å². The van der Waals surface area contributed by atoms with E-state index in [2.05, 4.69) is 19.2 Å². The van der Waals surface area contributed by atoms with Crippen LogP contribution in [0, 0.1) is 5.92 Å². The van der Waals surface area contributed by atoms with Gasteiger partial charge in [0, 0.05) is 25.7 Å². The smallest absolute Gasteiger partial charge is 0.243 e. The van der Waals surface area contributed by atoms with Crippen molar-refractivity contribution in [3.63, 3.8) is 0 Å². The monoisotopic (exact) mass is 366 g/mol. The van der Waals surface area contributed by atoms with Crippen molar-refractivity contribution in [3.8, 4) is 0 Å². The van der Waals surface area contributed by atoms with Gasteiger partial charge < -0.3 is 10.1 Å². The second kappa shape index (κ2) is 9.12. The van der Waals surface area contributed by atoms with Crippen molar-refractivity contribution in [2.75, 3.05) is 32.8 Å². The third kappa shape index (κ3) is 5.95. The summed E-state index contributed by atoms with van der Waals surface area (Å²) in [5.41, 5.74) is 0.778. The summed E-state index contributed by atoms with van der Waals surface area (Å²) < 4.78 is 31.7. The van der Waals surface area contributed by atoms with Crippen LogP contribution in [-0.2, 0) is 19.6 Å². The molecule has 1 fully saturated rings. The van der Waals surface area contributed by atoms with Gasteiger partial charge in [-0.05, 0) is 36.1 Å². The van der Waals surface area contributed by atoms with Crippen molar-refractivity contribution < 1.29 is 17.9 Å². The van der Waals surface area contributed by atoms with Gasteiger partial charge in [0.05, 0.1) is 18.1 Å². The van der Waals surface area contributed by atoms with E-state index < -0.39 is 10.0 Å². The van der Waals surface area contributed by atoms with Crippen LogP contribution in [0.3, 0.4) is 0 Å². The molecule has 2 rings (SSSR count). The fraction of sp³-hybridized carbons (Fsp3) is 0.500. The van der Waals surface area contributed by atoms with E-state index >= 15 is 0 Å². The summed E-state index contributed by atoms with van der Waals surface area (Å²) in [6, 6.07) is 6.54. The van der Waals surface area contributed by atoms with Gasteiger partial charge in [-0.15, -0.1) is 0 Å². The number of sulfonamides is 1. The molecule has 0 atom stereocenters. The summed E-state index contributed by atoms with van der Waals surface area (Å²) in [6.07, 6.45) is 4.08. The van der Waals surface area contributed by atoms with E-state index in [1.165, 1.54) is 10.4 Å². The number of morpholine rings is 1. The van der Waals surface area contributed by atoms with E-state index in [1.54, 1.807) is 30.3 Å². The fourth-order valence-electron chi connectivity index (χ4n) is 2.40. The quantitative estimate of drug-likeness (QED) is 0.748. The third-order valence-electron chi connectivity index (χ3n) is 3.94. The molecule has 1 aromatic rings. The summed E-state index contributed by atoms with van der Waals surface area (Å²) in [5, 5.41) is 2.82. The van der Waals surface area contributed by atoms with Gasteiger partial charge in [-0.25, -0.2) is 8.42 Å². The van der Waals surface area contributed by atoms with E-state index in [0.29, 0.717) is 38.8 Å². The highest BCUT2D eigenvalue weighted by Gasteiger charge is 2.25. The Morgan fingerprint density at radius 2 is 1.88 bits per heavy atom. The van der Waals surface area contributed by atoms with Crippen molar-refractivity contribution in [1.29, 1.82) is 0 Å². The summed E-state index contributed by atoms with van der Waals surface area (Å²) in [6.45, 7) is 6.46. The SMILES string of the molecule is CC(C)CCNC(=O)/C=C/c1ccc(S(=O)(=O)N2CCOCC2)cc1. The Balaban J connectivity index is 1.95. The number of nitrogens with zero attached hydrogens (tertiary/aromatic N) is 1. The first-order valence-electron chi connectivity index (χ1n) is 8.53. The number of hydrogen-bond donors (Lipinski definition) is 1. The summed E-state index contributed by atoms with van der Waals surface area (Å²) in [5.74, 6) is 0.399. The second-order valence-corrected chi connectivity index (χ2v) is 8.33. The van der Waals surface area contributed by atoms with Crippen LogP contribution in [0.25, 0.3) is 6.08 Å². The Morgan fingerprint density at radius 3 is 2.48 bits per heavy atom. The number of amides is 1. The van der Waals surface area contributed by atoms with E-state index in [0.717, 1.165) is 12.0 Å². The fourth-order valence-corrected chi connectivity index (χ4v) is 3.81. The van der Waals surface area contributed by atoms with Crippen molar-refractivity contribution in [2.24, 2.45) is 5.92 Å². The molecular weight excluding hydrogens is 340 g/mol. The van der Waals surface area contributed by atoms with E-state index in [1.807, 2.05) is 0 Å². The molecular formula is C18H26N2O4S. The van der Waals surface area contributed by atoms with Crippen LogP contribution in [0.5, 0.6) is 0 Å². The molecule has 0 bridgehead atoms. The van der Waals surface area contributed by atoms with Gasteiger partial charge in [0.15, 0.2) is 0 Å². The predicted octanol–water partition coefficient (Wildman–Crippen LogP) is 1.88. The number of carbonyl (C=O) groups excluding carboxylic acids is 1. The van der Waals surface area contributed by atoms with Crippen LogP contribution in [0.15, 0.2) is 35.2 Å². The maximum absolute atomic E-state index is 12.5. The average molecular weight is 366 g/mol. The molecule has 0 radical (unpaired) electrons. The lowest BCUT2D eigenvalue weighted by Crippen LogP contribution is -2.40. The minimum absolute atomic E-state index is 0.148. The van der Waals surface area contributed by atoms with Gasteiger partial charge in [-0.2, -0.15) is 4.31 Å². The Labute approximate surface area is 149 Å². The lowest BCUT2D eigenvalue weighted by atomic mass is 10.1. The molecule has 1 heterocycles. The maximum Gasteiger partial charge on any atom is 0.243 e. The molecule has 0 aliphatic carbocycles. The van der Waals surface area contributed by atoms with Crippen molar-refractivity contribution in [3.05, 3.63) is 35.9 Å². The maximum atomic E-state index is 12.5. The molecule has 1 N–H and O–H groups in total. The van der Waals surface area contributed by atoms with Crippen LogP contribution in [0.2, 0.25) is 0 Å². The highest BCUT2D eigenvalue weighted by molar-refractivity contribution is 7.89. The minimum atomic E-state index is -3.48. The Kier molecular flexibility index (Phi) is 7.16. The van der Waals surface area contributed by atoms with E-state index in [4.69, 9.17) is 4.74 Å². The van der Waals surface area contributed by atoms with E-state index in [-0.39, 0.29) is 10.8 Å². The Bertz CT molecular complexity index is 690. The Morgan fingerprint density at radius 1 is 1.24 bits per heavy atom. The number of ether oxygens (including phenoxy) is 1. The zero-order valence-electron chi connectivity index (χ0n) is 14.8. The molecule has 1 aliphatic rings. The highest BCUT2D eigenvalue weighted by atomic mass is 32.2. The van der Waals surface area contributed by atoms with Crippen molar-refractivity contribution >= 4 is 22.0 Å². The molecule has 1 aromatic carbocycles. The average Bonchev–Trinajstić information content (AvgIpc) is 2.61. The van der Waals surface area contributed by atoms with Crippen LogP contribution < -0.4 is 5.32 Å². The van der Waals surface area contributed by atoms with E-state index in [9.17, 15) is 13.2 Å². The van der Waals surface area contributed by atoms with Gasteiger partial charge in [-0.1, -0.05) is 26.0 Å². The number of carbonyl (C=O) groups is 1. The molecule has 0 saturated carbocycles. The first-order chi connectivity index (χ1) is 11.9. The lowest BCUT2D eigenvalue weighted by molar-refractivity contribution is -0.116. The molecule has 1 aliphatic heterocycles. The van der Waals surface area contributed by atoms with Crippen LogP contribution in [0.4, 0.5) is 0 Å². The zero-order chi connectivity index (χ0) is 18.3. The van der Waals surface area contributed by atoms with Crippen molar-refractivity contribution in [1.82, 2.24) is 9.62 Å². The summed E-state index contributed by atoms with van der Waals surface area (Å²) in [7, 11) is -3.48. The minimum Gasteiger partial charge on any atom is -0.379 e. The number of nitrogens with one attached hydrogen (secondary N) is 1. The zero-order valence-corrected chi connectivity index (χ0v) is 15.6. The van der Waals surface area contributed by atoms with Crippen LogP contribution in [0.1, 0.15) is 25.8 Å². The number of benzene rings is 1. The number of hydrogen-bond acceptors (Lipinski definition) is 4. The molecule has 0 spiro atoms. The molecule has 0 unspecified atom stereocenters. The van der Waals surface area contributed by atoms with Gasteiger partial charge in [0.1, 0.15) is 0 Å².